The lowest BCUT2D eigenvalue weighted by molar-refractivity contribution is 0.0914. The molecule has 1 aromatic rings. The van der Waals surface area contributed by atoms with Gasteiger partial charge in [-0.3, -0.25) is 4.79 Å². The van der Waals surface area contributed by atoms with Crippen LogP contribution in [0.4, 0.5) is 4.39 Å². The van der Waals surface area contributed by atoms with Crippen LogP contribution in [0, 0.1) is 5.82 Å². The zero-order valence-corrected chi connectivity index (χ0v) is 10.8. The van der Waals surface area contributed by atoms with E-state index >= 15 is 0 Å². The van der Waals surface area contributed by atoms with Crippen molar-refractivity contribution < 1.29 is 9.18 Å². The number of carbonyl (C=O) groups excluding carboxylic acids is 1. The van der Waals surface area contributed by atoms with Crippen LogP contribution in [0.25, 0.3) is 0 Å². The van der Waals surface area contributed by atoms with Gasteiger partial charge in [-0.1, -0.05) is 0 Å². The van der Waals surface area contributed by atoms with E-state index in [1.807, 2.05) is 0 Å². The number of carbonyl (C=O) groups is 1. The number of hydrogen-bond acceptors (Lipinski definition) is 2. The SMILES string of the molecule is CC(C)(CN)NC(=O)c1cc(F)ccc1Br. The number of amides is 1. The molecule has 0 saturated carbocycles. The second-order valence-corrected chi connectivity index (χ2v) is 5.02. The largest absolute Gasteiger partial charge is 0.346 e. The third kappa shape index (κ3) is 3.28. The van der Waals surface area contributed by atoms with Crippen molar-refractivity contribution in [3.63, 3.8) is 0 Å². The van der Waals surface area contributed by atoms with Gasteiger partial charge in [0.05, 0.1) is 5.56 Å². The molecule has 0 radical (unpaired) electrons. The Morgan fingerprint density at radius 3 is 2.75 bits per heavy atom. The first-order valence-corrected chi connectivity index (χ1v) is 5.62. The Balaban J connectivity index is 2.93. The Morgan fingerprint density at radius 2 is 2.19 bits per heavy atom. The van der Waals surface area contributed by atoms with Crippen LogP contribution in [-0.2, 0) is 0 Å². The van der Waals surface area contributed by atoms with Crippen molar-refractivity contribution >= 4 is 21.8 Å². The molecule has 3 N–H and O–H groups in total. The van der Waals surface area contributed by atoms with Gasteiger partial charge < -0.3 is 11.1 Å². The van der Waals surface area contributed by atoms with Crippen LogP contribution in [0.5, 0.6) is 0 Å². The fourth-order valence-corrected chi connectivity index (χ4v) is 1.52. The standard InChI is InChI=1S/C11H14BrFN2O/c1-11(2,6-14)15-10(16)8-5-7(13)3-4-9(8)12/h3-5H,6,14H2,1-2H3,(H,15,16). The van der Waals surface area contributed by atoms with Crippen molar-refractivity contribution in [3.05, 3.63) is 34.1 Å². The van der Waals surface area contributed by atoms with E-state index in [9.17, 15) is 9.18 Å². The van der Waals surface area contributed by atoms with Gasteiger partial charge in [-0.25, -0.2) is 4.39 Å². The summed E-state index contributed by atoms with van der Waals surface area (Å²) in [5.41, 5.74) is 5.25. The lowest BCUT2D eigenvalue weighted by atomic mass is 10.1. The molecule has 0 saturated heterocycles. The average molecular weight is 289 g/mol. The Morgan fingerprint density at radius 1 is 1.56 bits per heavy atom. The zero-order chi connectivity index (χ0) is 12.3. The molecule has 0 aliphatic heterocycles. The minimum absolute atomic E-state index is 0.265. The maximum atomic E-state index is 13.0. The highest BCUT2D eigenvalue weighted by atomic mass is 79.9. The molecule has 3 nitrogen and oxygen atoms in total. The molecule has 0 atom stereocenters. The molecule has 0 bridgehead atoms. The van der Waals surface area contributed by atoms with Crippen LogP contribution in [0.15, 0.2) is 22.7 Å². The van der Waals surface area contributed by atoms with Crippen molar-refractivity contribution in [1.82, 2.24) is 5.32 Å². The molecule has 88 valence electrons. The topological polar surface area (TPSA) is 55.1 Å². The Hall–Kier alpha value is -0.940. The molecule has 0 unspecified atom stereocenters. The number of rotatable bonds is 3. The van der Waals surface area contributed by atoms with Gasteiger partial charge in [0.2, 0.25) is 0 Å². The summed E-state index contributed by atoms with van der Waals surface area (Å²) in [6.07, 6.45) is 0. The van der Waals surface area contributed by atoms with Gasteiger partial charge in [0.1, 0.15) is 5.82 Å². The van der Waals surface area contributed by atoms with Gasteiger partial charge in [-0.15, -0.1) is 0 Å². The van der Waals surface area contributed by atoms with E-state index in [4.69, 9.17) is 5.73 Å². The normalized spacial score (nSPS) is 11.3. The average Bonchev–Trinajstić information content (AvgIpc) is 2.21. The summed E-state index contributed by atoms with van der Waals surface area (Å²) in [6, 6.07) is 3.97. The first kappa shape index (κ1) is 13.1. The smallest absolute Gasteiger partial charge is 0.252 e. The summed E-state index contributed by atoms with van der Waals surface area (Å²) in [5.74, 6) is -0.791. The zero-order valence-electron chi connectivity index (χ0n) is 9.18. The number of benzene rings is 1. The van der Waals surface area contributed by atoms with Gasteiger partial charge in [0.15, 0.2) is 0 Å². The molecule has 0 aromatic heterocycles. The number of nitrogens with two attached hydrogens (primary N) is 1. The first-order valence-electron chi connectivity index (χ1n) is 4.83. The van der Waals surface area contributed by atoms with Gasteiger partial charge in [0.25, 0.3) is 5.91 Å². The number of nitrogens with one attached hydrogen (secondary N) is 1. The summed E-state index contributed by atoms with van der Waals surface area (Å²) in [4.78, 5) is 11.8. The molecule has 1 amide bonds. The highest BCUT2D eigenvalue weighted by Crippen LogP contribution is 2.18. The molecule has 16 heavy (non-hydrogen) atoms. The molecule has 5 heteroatoms. The van der Waals surface area contributed by atoms with Crippen LogP contribution in [-0.4, -0.2) is 18.0 Å². The lowest BCUT2D eigenvalue weighted by Crippen LogP contribution is -2.48. The van der Waals surface area contributed by atoms with Crippen molar-refractivity contribution in [3.8, 4) is 0 Å². The van der Waals surface area contributed by atoms with Gasteiger partial charge >= 0.3 is 0 Å². The Bertz CT molecular complexity index is 407. The van der Waals surface area contributed by atoms with Crippen LogP contribution in [0.1, 0.15) is 24.2 Å². The first-order chi connectivity index (χ1) is 7.35. The van der Waals surface area contributed by atoms with Gasteiger partial charge in [-0.2, -0.15) is 0 Å². The molecule has 0 spiro atoms. The highest BCUT2D eigenvalue weighted by Gasteiger charge is 2.20. The summed E-state index contributed by atoms with van der Waals surface area (Å²) >= 11 is 3.20. The molecule has 0 heterocycles. The van der Waals surface area contributed by atoms with E-state index < -0.39 is 11.4 Å². The van der Waals surface area contributed by atoms with E-state index in [0.717, 1.165) is 0 Å². The molecule has 0 aliphatic carbocycles. The summed E-state index contributed by atoms with van der Waals surface area (Å²) < 4.78 is 13.6. The van der Waals surface area contributed by atoms with Crippen molar-refractivity contribution in [2.24, 2.45) is 5.73 Å². The van der Waals surface area contributed by atoms with E-state index in [-0.39, 0.29) is 11.5 Å². The third-order valence-corrected chi connectivity index (χ3v) is 2.83. The molecule has 0 fully saturated rings. The summed E-state index contributed by atoms with van der Waals surface area (Å²) in [7, 11) is 0. The summed E-state index contributed by atoms with van der Waals surface area (Å²) in [6.45, 7) is 3.92. The van der Waals surface area contributed by atoms with E-state index in [1.54, 1.807) is 13.8 Å². The molecular weight excluding hydrogens is 275 g/mol. The van der Waals surface area contributed by atoms with Crippen LogP contribution in [0.2, 0.25) is 0 Å². The van der Waals surface area contributed by atoms with Crippen molar-refractivity contribution in [1.29, 1.82) is 0 Å². The third-order valence-electron chi connectivity index (χ3n) is 2.14. The molecular formula is C11H14BrFN2O. The Kier molecular flexibility index (Phi) is 4.04. The molecule has 0 aliphatic rings. The van der Waals surface area contributed by atoms with Crippen molar-refractivity contribution in [2.75, 3.05) is 6.54 Å². The van der Waals surface area contributed by atoms with E-state index in [1.165, 1.54) is 18.2 Å². The predicted octanol–water partition coefficient (Wildman–Crippen LogP) is 2.06. The second kappa shape index (κ2) is 4.93. The maximum Gasteiger partial charge on any atom is 0.252 e. The molecule has 1 aromatic carbocycles. The predicted molar refractivity (Wildman–Crippen MR) is 64.7 cm³/mol. The lowest BCUT2D eigenvalue weighted by Gasteiger charge is -2.24. The quantitative estimate of drug-likeness (QED) is 0.895. The van der Waals surface area contributed by atoms with Crippen LogP contribution < -0.4 is 11.1 Å². The van der Waals surface area contributed by atoms with Gasteiger partial charge in [-0.05, 0) is 48.0 Å². The fourth-order valence-electron chi connectivity index (χ4n) is 1.10. The summed E-state index contributed by atoms with van der Waals surface area (Å²) in [5, 5.41) is 2.73. The minimum atomic E-state index is -0.511. The maximum absolute atomic E-state index is 13.0. The Labute approximate surface area is 102 Å². The highest BCUT2D eigenvalue weighted by molar-refractivity contribution is 9.10. The minimum Gasteiger partial charge on any atom is -0.346 e. The van der Waals surface area contributed by atoms with E-state index in [0.29, 0.717) is 11.0 Å². The van der Waals surface area contributed by atoms with Crippen molar-refractivity contribution in [2.45, 2.75) is 19.4 Å². The number of halogens is 2. The van der Waals surface area contributed by atoms with Crippen LogP contribution >= 0.6 is 15.9 Å². The fraction of sp³-hybridized carbons (Fsp3) is 0.364. The molecule has 1 rings (SSSR count). The van der Waals surface area contributed by atoms with Crippen LogP contribution in [0.3, 0.4) is 0 Å². The van der Waals surface area contributed by atoms with E-state index in [2.05, 4.69) is 21.2 Å². The monoisotopic (exact) mass is 288 g/mol. The van der Waals surface area contributed by atoms with Gasteiger partial charge in [0, 0.05) is 16.6 Å². The number of hydrogen-bond donors (Lipinski definition) is 2. The second-order valence-electron chi connectivity index (χ2n) is 4.17.